The van der Waals surface area contributed by atoms with Gasteiger partial charge in [0.05, 0.1) is 5.39 Å². The Kier molecular flexibility index (Phi) is 4.31. The fraction of sp³-hybridized carbons (Fsp3) is 0.571. The summed E-state index contributed by atoms with van der Waals surface area (Å²) in [5.74, 6) is 0.854. The molecule has 0 unspecified atom stereocenters. The molecule has 2 aromatic rings. The second kappa shape index (κ2) is 5.63. The molecule has 19 heavy (non-hydrogen) atoms. The van der Waals surface area contributed by atoms with Crippen LogP contribution in [0.2, 0.25) is 5.28 Å². The van der Waals surface area contributed by atoms with Crippen molar-refractivity contribution in [1.29, 1.82) is 0 Å². The van der Waals surface area contributed by atoms with Gasteiger partial charge in [-0.25, -0.2) is 9.97 Å². The van der Waals surface area contributed by atoms with Crippen molar-refractivity contribution in [3.05, 3.63) is 16.2 Å². The largest absolute Gasteiger partial charge is 0.369 e. The minimum Gasteiger partial charge on any atom is -0.369 e. The van der Waals surface area contributed by atoms with E-state index in [2.05, 4.69) is 49.0 Å². The summed E-state index contributed by atoms with van der Waals surface area (Å²) in [4.78, 5) is 10.9. The Balaban J connectivity index is 2.33. The first-order valence-electron chi connectivity index (χ1n) is 6.65. The van der Waals surface area contributed by atoms with Gasteiger partial charge >= 0.3 is 0 Å². The minimum absolute atomic E-state index is 0.243. The van der Waals surface area contributed by atoms with Crippen LogP contribution in [0.5, 0.6) is 0 Å². The second-order valence-corrected chi connectivity index (χ2v) is 6.95. The maximum Gasteiger partial charge on any atom is 0.225 e. The van der Waals surface area contributed by atoms with Crippen LogP contribution < -0.4 is 5.32 Å². The van der Waals surface area contributed by atoms with E-state index in [1.54, 1.807) is 11.3 Å². The van der Waals surface area contributed by atoms with E-state index in [9.17, 15) is 0 Å². The van der Waals surface area contributed by atoms with Gasteiger partial charge in [0.2, 0.25) is 5.28 Å². The molecule has 0 amide bonds. The van der Waals surface area contributed by atoms with Crippen molar-refractivity contribution in [2.24, 2.45) is 5.41 Å². The van der Waals surface area contributed by atoms with E-state index in [0.717, 1.165) is 35.4 Å². The quantitative estimate of drug-likeness (QED) is 0.809. The van der Waals surface area contributed by atoms with Crippen molar-refractivity contribution in [2.45, 2.75) is 40.5 Å². The molecule has 5 heteroatoms. The highest BCUT2D eigenvalue weighted by Gasteiger charge is 2.17. The lowest BCUT2D eigenvalue weighted by molar-refractivity contribution is 0.376. The van der Waals surface area contributed by atoms with Gasteiger partial charge < -0.3 is 5.32 Å². The van der Waals surface area contributed by atoms with Crippen LogP contribution >= 0.6 is 22.9 Å². The van der Waals surface area contributed by atoms with Crippen LogP contribution in [0.25, 0.3) is 10.2 Å². The number of halogens is 1. The number of thiophene rings is 1. The first kappa shape index (κ1) is 14.5. The molecule has 0 radical (unpaired) electrons. The highest BCUT2D eigenvalue weighted by molar-refractivity contribution is 7.18. The van der Waals surface area contributed by atoms with E-state index >= 15 is 0 Å². The third kappa shape index (κ3) is 3.37. The molecule has 0 atom stereocenters. The van der Waals surface area contributed by atoms with E-state index in [0.29, 0.717) is 5.28 Å². The molecule has 0 aliphatic carbocycles. The van der Waals surface area contributed by atoms with Crippen molar-refractivity contribution in [3.8, 4) is 0 Å². The molecule has 1 N–H and O–H groups in total. The summed E-state index contributed by atoms with van der Waals surface area (Å²) in [5, 5.41) is 4.82. The maximum absolute atomic E-state index is 6.00. The molecule has 0 saturated heterocycles. The highest BCUT2D eigenvalue weighted by Crippen LogP contribution is 2.31. The first-order valence-corrected chi connectivity index (χ1v) is 7.84. The number of hydrogen-bond acceptors (Lipinski definition) is 4. The summed E-state index contributed by atoms with van der Waals surface area (Å²) in [7, 11) is 0. The monoisotopic (exact) mass is 297 g/mol. The average Bonchev–Trinajstić information content (AvgIpc) is 2.79. The number of rotatable bonds is 5. The van der Waals surface area contributed by atoms with Gasteiger partial charge in [-0.05, 0) is 35.9 Å². The average molecular weight is 298 g/mol. The van der Waals surface area contributed by atoms with Gasteiger partial charge in [-0.15, -0.1) is 11.3 Å². The van der Waals surface area contributed by atoms with Gasteiger partial charge in [0.1, 0.15) is 10.6 Å². The van der Waals surface area contributed by atoms with E-state index in [1.807, 2.05) is 0 Å². The molecular formula is C14H20ClN3S. The Morgan fingerprint density at radius 2 is 2.05 bits per heavy atom. The summed E-state index contributed by atoms with van der Waals surface area (Å²) >= 11 is 7.69. The number of aryl methyl sites for hydroxylation is 1. The van der Waals surface area contributed by atoms with Crippen LogP contribution in [0.3, 0.4) is 0 Å². The molecule has 2 heterocycles. The van der Waals surface area contributed by atoms with Crippen molar-refractivity contribution in [3.63, 3.8) is 0 Å². The van der Waals surface area contributed by atoms with Crippen molar-refractivity contribution in [1.82, 2.24) is 9.97 Å². The topological polar surface area (TPSA) is 37.8 Å². The molecule has 0 bridgehead atoms. The number of anilines is 1. The van der Waals surface area contributed by atoms with Crippen molar-refractivity contribution >= 4 is 39.0 Å². The Bertz CT molecular complexity index is 577. The van der Waals surface area contributed by atoms with Crippen molar-refractivity contribution < 1.29 is 0 Å². The Morgan fingerprint density at radius 1 is 1.32 bits per heavy atom. The molecule has 2 rings (SSSR count). The number of hydrogen-bond donors (Lipinski definition) is 1. The molecule has 0 saturated carbocycles. The third-order valence-corrected chi connectivity index (χ3v) is 4.80. The number of nitrogens with one attached hydrogen (secondary N) is 1. The summed E-state index contributed by atoms with van der Waals surface area (Å²) in [5.41, 5.74) is 0.243. The molecule has 0 aliphatic heterocycles. The third-order valence-electron chi connectivity index (χ3n) is 3.46. The summed E-state index contributed by atoms with van der Waals surface area (Å²) in [6.07, 6.45) is 2.13. The smallest absolute Gasteiger partial charge is 0.225 e. The summed E-state index contributed by atoms with van der Waals surface area (Å²) in [6, 6.07) is 2.16. The van der Waals surface area contributed by atoms with Crippen LogP contribution in [-0.4, -0.2) is 16.5 Å². The number of aromatic nitrogens is 2. The van der Waals surface area contributed by atoms with Crippen molar-refractivity contribution in [2.75, 3.05) is 11.9 Å². The lowest BCUT2D eigenvalue weighted by Gasteiger charge is -2.23. The summed E-state index contributed by atoms with van der Waals surface area (Å²) < 4.78 is 0. The van der Waals surface area contributed by atoms with E-state index in [1.165, 1.54) is 4.88 Å². The van der Waals surface area contributed by atoms with Gasteiger partial charge in [0, 0.05) is 11.4 Å². The maximum atomic E-state index is 6.00. The molecule has 0 aromatic carbocycles. The summed E-state index contributed by atoms with van der Waals surface area (Å²) in [6.45, 7) is 9.70. The molecule has 0 fully saturated rings. The number of fused-ring (bicyclic) bond motifs is 1. The minimum atomic E-state index is 0.243. The van der Waals surface area contributed by atoms with Gasteiger partial charge in [-0.2, -0.15) is 0 Å². The van der Waals surface area contributed by atoms with Gasteiger partial charge in [-0.3, -0.25) is 0 Å². The van der Waals surface area contributed by atoms with Crippen LogP contribution in [0.4, 0.5) is 5.82 Å². The van der Waals surface area contributed by atoms with Crippen LogP contribution in [0, 0.1) is 5.41 Å². The lowest BCUT2D eigenvalue weighted by Crippen LogP contribution is -2.22. The molecule has 3 nitrogen and oxygen atoms in total. The molecule has 0 aliphatic rings. The first-order chi connectivity index (χ1) is 8.95. The highest BCUT2D eigenvalue weighted by atomic mass is 35.5. The fourth-order valence-electron chi connectivity index (χ4n) is 1.70. The predicted molar refractivity (Wildman–Crippen MR) is 84.4 cm³/mol. The lowest BCUT2D eigenvalue weighted by atomic mass is 9.90. The van der Waals surface area contributed by atoms with E-state index < -0.39 is 0 Å². The fourth-order valence-corrected chi connectivity index (χ4v) is 2.89. The molecule has 104 valence electrons. The number of nitrogens with zero attached hydrogens (tertiary/aromatic N) is 2. The van der Waals surface area contributed by atoms with Crippen LogP contribution in [-0.2, 0) is 6.42 Å². The standard InChI is InChI=1S/C14H20ClN3S/c1-5-9-7-10-11(16-8-14(3,4)6-2)17-13(15)18-12(10)19-9/h7H,5-6,8H2,1-4H3,(H,16,17,18). The Labute approximate surface area is 123 Å². The van der Waals surface area contributed by atoms with Crippen LogP contribution in [0.15, 0.2) is 6.07 Å². The molecule has 0 spiro atoms. The van der Waals surface area contributed by atoms with Gasteiger partial charge in [-0.1, -0.05) is 27.7 Å². The van der Waals surface area contributed by atoms with Gasteiger partial charge in [0.25, 0.3) is 0 Å². The Hall–Kier alpha value is -0.870. The van der Waals surface area contributed by atoms with Crippen LogP contribution in [0.1, 0.15) is 39.0 Å². The van der Waals surface area contributed by atoms with Gasteiger partial charge in [0.15, 0.2) is 0 Å². The normalized spacial score (nSPS) is 12.1. The van der Waals surface area contributed by atoms with E-state index in [4.69, 9.17) is 11.6 Å². The zero-order valence-electron chi connectivity index (χ0n) is 11.9. The Morgan fingerprint density at radius 3 is 2.68 bits per heavy atom. The zero-order chi connectivity index (χ0) is 14.0. The molecular weight excluding hydrogens is 278 g/mol. The second-order valence-electron chi connectivity index (χ2n) is 5.50. The molecule has 2 aromatic heterocycles. The predicted octanol–water partition coefficient (Wildman–Crippen LogP) is 4.76. The SMILES string of the molecule is CCc1cc2c(NCC(C)(C)CC)nc(Cl)nc2s1. The zero-order valence-corrected chi connectivity index (χ0v) is 13.5. The van der Waals surface area contributed by atoms with E-state index in [-0.39, 0.29) is 5.41 Å².